The molecule has 0 aromatic carbocycles. The number of rotatable bonds is 0. The van der Waals surface area contributed by atoms with E-state index >= 15 is 0 Å². The van der Waals surface area contributed by atoms with Crippen molar-refractivity contribution in [1.82, 2.24) is 0 Å². The molecule has 0 fully saturated rings. The second kappa shape index (κ2) is 16.3. The Kier molecular flexibility index (Phi) is 12.9. The van der Waals surface area contributed by atoms with Crippen molar-refractivity contribution in [2.24, 2.45) is 0 Å². The summed E-state index contributed by atoms with van der Waals surface area (Å²) in [6, 6.07) is 0. The van der Waals surface area contributed by atoms with Crippen LogP contribution >= 0.6 is 0 Å². The minimum atomic E-state index is 0.877. The normalized spacial score (nSPS) is 29.3. The van der Waals surface area contributed by atoms with E-state index in [1.54, 1.807) is 0 Å². The highest BCUT2D eigenvalue weighted by atomic mass is 13.7. The van der Waals surface area contributed by atoms with Crippen LogP contribution in [-0.2, 0) is 0 Å². The molecule has 0 heteroatoms. The van der Waals surface area contributed by atoms with E-state index in [9.17, 15) is 0 Å². The largest absolute Gasteiger partial charge is 0.125 e. The minimum Gasteiger partial charge on any atom is -0.125 e. The maximum Gasteiger partial charge on any atom is -0.00898 e. The number of hydrogen-bond donors (Lipinski definition) is 0. The highest BCUT2D eigenvalue weighted by molar-refractivity contribution is 5.23. The lowest BCUT2D eigenvalue weighted by atomic mass is 10.3. The quantitative estimate of drug-likeness (QED) is 0.438. The average Bonchev–Trinajstić information content (AvgIpc) is 2.59. The first-order valence-corrected chi connectivity index (χ1v) is 8.06. The van der Waals surface area contributed by atoms with Gasteiger partial charge in [-0.15, -0.1) is 5.73 Å². The molecule has 0 aliphatic heterocycles. The smallest absolute Gasteiger partial charge is 0.00898 e. The molecule has 0 spiro atoms. The fourth-order valence-electron chi connectivity index (χ4n) is 1.56. The fraction of sp³-hybridized carbons (Fsp3) is 0.0417. The van der Waals surface area contributed by atoms with E-state index in [2.05, 4.69) is 11.8 Å². The Morgan fingerprint density at radius 1 is 0.375 bits per heavy atom. The Morgan fingerprint density at radius 2 is 0.708 bits per heavy atom. The molecule has 0 aromatic heterocycles. The highest BCUT2D eigenvalue weighted by Gasteiger charge is 1.68. The number of allylic oxidation sites excluding steroid dienone is 21. The maximum absolute atomic E-state index is 3.12. The summed E-state index contributed by atoms with van der Waals surface area (Å²) in [4.78, 5) is 0. The van der Waals surface area contributed by atoms with Crippen molar-refractivity contribution in [2.75, 3.05) is 0 Å². The molecule has 0 unspecified atom stereocenters. The van der Waals surface area contributed by atoms with Crippen LogP contribution in [-0.4, -0.2) is 0 Å². The van der Waals surface area contributed by atoms with Gasteiger partial charge in [0.05, 0.1) is 0 Å². The van der Waals surface area contributed by atoms with Gasteiger partial charge in [-0.3, -0.25) is 0 Å². The number of hydrogen-bond acceptors (Lipinski definition) is 0. The first-order chi connectivity index (χ1) is 12.0. The molecular formula is C24H24. The van der Waals surface area contributed by atoms with Crippen LogP contribution in [0.3, 0.4) is 0 Å². The molecule has 1 aliphatic rings. The van der Waals surface area contributed by atoms with Gasteiger partial charge >= 0.3 is 0 Å². The van der Waals surface area contributed by atoms with E-state index < -0.39 is 0 Å². The van der Waals surface area contributed by atoms with Crippen molar-refractivity contribution in [3.8, 4) is 0 Å². The molecule has 0 saturated heterocycles. The average molecular weight is 312 g/mol. The molecule has 1 rings (SSSR count). The zero-order valence-electron chi connectivity index (χ0n) is 13.9. The van der Waals surface area contributed by atoms with Crippen LogP contribution in [0.5, 0.6) is 0 Å². The highest BCUT2D eigenvalue weighted by Crippen LogP contribution is 1.89. The van der Waals surface area contributed by atoms with Crippen LogP contribution in [0, 0.1) is 0 Å². The van der Waals surface area contributed by atoms with Gasteiger partial charge < -0.3 is 0 Å². The van der Waals surface area contributed by atoms with Crippen LogP contribution < -0.4 is 0 Å². The van der Waals surface area contributed by atoms with Crippen molar-refractivity contribution in [3.63, 3.8) is 0 Å². The molecule has 0 saturated carbocycles. The van der Waals surface area contributed by atoms with E-state index in [-0.39, 0.29) is 0 Å². The summed E-state index contributed by atoms with van der Waals surface area (Å²) in [5.41, 5.74) is 3.12. The summed E-state index contributed by atoms with van der Waals surface area (Å²) in [6.45, 7) is 0. The molecule has 120 valence electrons. The topological polar surface area (TPSA) is 0 Å². The molecule has 0 N–H and O–H groups in total. The van der Waals surface area contributed by atoms with Crippen LogP contribution in [0.4, 0.5) is 0 Å². The van der Waals surface area contributed by atoms with Gasteiger partial charge in [0.1, 0.15) is 0 Å². The third-order valence-electron chi connectivity index (χ3n) is 2.70. The SMILES string of the molecule is C1=C/C=C/C=C/C=C/C=C\C=C\C=C/C=C/C=C/C=C/C=C/CC=1. The predicted molar refractivity (Wildman–Crippen MR) is 109 cm³/mol. The van der Waals surface area contributed by atoms with Gasteiger partial charge in [-0.1, -0.05) is 122 Å². The van der Waals surface area contributed by atoms with Crippen LogP contribution in [0.25, 0.3) is 0 Å². The van der Waals surface area contributed by atoms with Crippen molar-refractivity contribution >= 4 is 0 Å². The fourth-order valence-corrected chi connectivity index (χ4v) is 1.56. The molecule has 0 radical (unpaired) electrons. The molecule has 0 amide bonds. The third kappa shape index (κ3) is 13.9. The predicted octanol–water partition coefficient (Wildman–Crippen LogP) is 6.66. The summed E-state index contributed by atoms with van der Waals surface area (Å²) in [7, 11) is 0. The molecule has 0 aromatic rings. The maximum atomic E-state index is 3.12. The van der Waals surface area contributed by atoms with E-state index in [1.807, 2.05) is 128 Å². The molecule has 0 bridgehead atoms. The zero-order chi connectivity index (χ0) is 17.0. The standard InChI is InChI=1S/C24H24/c1-2-4-6-8-10-12-14-16-18-20-22-24-23-21-19-17-15-13-11-9-7-5-3-1/h1-21,24H,22H2/b3-1+,4-2-,7-5-,8-6+,11-9+,12-10+,15-13+,16-14+,19-17+,20-18+. The van der Waals surface area contributed by atoms with Gasteiger partial charge in [-0.25, -0.2) is 0 Å². The second-order valence-corrected chi connectivity index (χ2v) is 4.67. The van der Waals surface area contributed by atoms with Crippen molar-refractivity contribution in [3.05, 3.63) is 139 Å². The van der Waals surface area contributed by atoms with Gasteiger partial charge in [-0.2, -0.15) is 0 Å². The summed E-state index contributed by atoms with van der Waals surface area (Å²) in [5, 5.41) is 0. The van der Waals surface area contributed by atoms with Gasteiger partial charge in [-0.05, 0) is 18.6 Å². The van der Waals surface area contributed by atoms with Crippen LogP contribution in [0.2, 0.25) is 0 Å². The van der Waals surface area contributed by atoms with Crippen molar-refractivity contribution in [2.45, 2.75) is 6.42 Å². The minimum absolute atomic E-state index is 0.877. The third-order valence-corrected chi connectivity index (χ3v) is 2.70. The van der Waals surface area contributed by atoms with Crippen molar-refractivity contribution in [1.29, 1.82) is 0 Å². The molecular weight excluding hydrogens is 288 g/mol. The van der Waals surface area contributed by atoms with E-state index in [0.717, 1.165) is 6.42 Å². The van der Waals surface area contributed by atoms with Gasteiger partial charge in [0.25, 0.3) is 0 Å². The Hall–Kier alpha value is -3.08. The molecule has 0 atom stereocenters. The van der Waals surface area contributed by atoms with Gasteiger partial charge in [0.15, 0.2) is 0 Å². The van der Waals surface area contributed by atoms with Crippen LogP contribution in [0.15, 0.2) is 139 Å². The first-order valence-electron chi connectivity index (χ1n) is 8.06. The summed E-state index contributed by atoms with van der Waals surface area (Å²) < 4.78 is 0. The summed E-state index contributed by atoms with van der Waals surface area (Å²) in [6.07, 6.45) is 44.9. The van der Waals surface area contributed by atoms with E-state index in [1.165, 1.54) is 0 Å². The van der Waals surface area contributed by atoms with Crippen molar-refractivity contribution < 1.29 is 0 Å². The Labute approximate surface area is 146 Å². The molecule has 0 nitrogen and oxygen atoms in total. The van der Waals surface area contributed by atoms with Crippen LogP contribution in [0.1, 0.15) is 6.42 Å². The zero-order valence-corrected chi connectivity index (χ0v) is 13.9. The molecule has 0 heterocycles. The van der Waals surface area contributed by atoms with Gasteiger partial charge in [0.2, 0.25) is 0 Å². The summed E-state index contributed by atoms with van der Waals surface area (Å²) in [5.74, 6) is 0. The molecule has 24 heavy (non-hydrogen) atoms. The lowest BCUT2D eigenvalue weighted by Gasteiger charge is -1.77. The van der Waals surface area contributed by atoms with E-state index in [0.29, 0.717) is 0 Å². The molecule has 1 aliphatic carbocycles. The monoisotopic (exact) mass is 312 g/mol. The Balaban J connectivity index is 2.67. The first kappa shape index (κ1) is 19.0. The lowest BCUT2D eigenvalue weighted by molar-refractivity contribution is 1.40. The Morgan fingerprint density at radius 3 is 1.12 bits per heavy atom. The van der Waals surface area contributed by atoms with Gasteiger partial charge in [0, 0.05) is 0 Å². The second-order valence-electron chi connectivity index (χ2n) is 4.67. The summed E-state index contributed by atoms with van der Waals surface area (Å²) >= 11 is 0. The van der Waals surface area contributed by atoms with E-state index in [4.69, 9.17) is 0 Å². The lowest BCUT2D eigenvalue weighted by Crippen LogP contribution is -1.56. The Bertz CT molecular complexity index is 672.